The second-order valence-corrected chi connectivity index (χ2v) is 6.06. The van der Waals surface area contributed by atoms with E-state index in [1.54, 1.807) is 42.7 Å². The first kappa shape index (κ1) is 17.6. The van der Waals surface area contributed by atoms with E-state index >= 15 is 0 Å². The summed E-state index contributed by atoms with van der Waals surface area (Å²) in [7, 11) is 0. The summed E-state index contributed by atoms with van der Waals surface area (Å²) in [4.78, 5) is 27.3. The zero-order chi connectivity index (χ0) is 18.4. The summed E-state index contributed by atoms with van der Waals surface area (Å²) in [5, 5.41) is 12.8. The predicted octanol–water partition coefficient (Wildman–Crippen LogP) is 2.58. The lowest BCUT2D eigenvalue weighted by molar-refractivity contribution is 0.0915. The Morgan fingerprint density at radius 1 is 0.923 bits per heavy atom. The molecule has 1 heterocycles. The summed E-state index contributed by atoms with van der Waals surface area (Å²) in [6.45, 7) is 0.164. The van der Waals surface area contributed by atoms with Gasteiger partial charge < -0.3 is 15.4 Å². The van der Waals surface area contributed by atoms with E-state index in [0.717, 1.165) is 5.56 Å². The molecule has 5 heteroatoms. The smallest absolute Gasteiger partial charge is 0.251 e. The number of aliphatic hydroxyl groups is 1. The molecule has 0 aliphatic carbocycles. The molecule has 0 bridgehead atoms. The third kappa shape index (κ3) is 4.46. The number of hydrogen-bond donors (Lipinski definition) is 3. The lowest BCUT2D eigenvalue weighted by Crippen LogP contribution is -2.33. The first-order chi connectivity index (χ1) is 12.6. The Bertz CT molecular complexity index is 856. The quantitative estimate of drug-likeness (QED) is 0.574. The van der Waals surface area contributed by atoms with Gasteiger partial charge >= 0.3 is 0 Å². The number of aliphatic hydroxyl groups excluding tert-OH is 1. The topological polar surface area (TPSA) is 82.2 Å². The predicted molar refractivity (Wildman–Crippen MR) is 99.2 cm³/mol. The van der Waals surface area contributed by atoms with Crippen molar-refractivity contribution in [1.29, 1.82) is 0 Å². The van der Waals surface area contributed by atoms with E-state index in [1.807, 2.05) is 30.3 Å². The fraction of sp³-hybridized carbons (Fsp3) is 0.143. The van der Waals surface area contributed by atoms with Gasteiger partial charge in [0, 0.05) is 42.0 Å². The number of carbonyl (C=O) groups excluding carboxylic acids is 2. The first-order valence-electron chi connectivity index (χ1n) is 8.41. The summed E-state index contributed by atoms with van der Waals surface area (Å²) in [6, 6.07) is 17.8. The molecule has 0 spiro atoms. The van der Waals surface area contributed by atoms with Crippen LogP contribution < -0.4 is 5.32 Å². The van der Waals surface area contributed by atoms with E-state index in [0.29, 0.717) is 23.1 Å². The molecule has 3 rings (SSSR count). The number of amides is 1. The van der Waals surface area contributed by atoms with Gasteiger partial charge in [0.1, 0.15) is 0 Å². The Morgan fingerprint density at radius 3 is 2.27 bits per heavy atom. The maximum atomic E-state index is 12.2. The maximum absolute atomic E-state index is 12.2. The van der Waals surface area contributed by atoms with Gasteiger partial charge in [-0.2, -0.15) is 0 Å². The van der Waals surface area contributed by atoms with Crippen molar-refractivity contribution in [1.82, 2.24) is 10.3 Å². The Balaban J connectivity index is 1.54. The molecular formula is C21H20N2O3. The Morgan fingerprint density at radius 2 is 1.62 bits per heavy atom. The van der Waals surface area contributed by atoms with Crippen LogP contribution in [0.5, 0.6) is 0 Å². The van der Waals surface area contributed by atoms with Crippen LogP contribution in [-0.2, 0) is 6.42 Å². The van der Waals surface area contributed by atoms with Crippen LogP contribution in [0.25, 0.3) is 0 Å². The molecule has 26 heavy (non-hydrogen) atoms. The van der Waals surface area contributed by atoms with Crippen LogP contribution in [0.3, 0.4) is 0 Å². The molecule has 132 valence electrons. The summed E-state index contributed by atoms with van der Waals surface area (Å²) in [5.74, 6) is -0.380. The van der Waals surface area contributed by atoms with Crippen molar-refractivity contribution in [2.75, 3.05) is 6.54 Å². The van der Waals surface area contributed by atoms with Crippen molar-refractivity contribution < 1.29 is 14.7 Å². The monoisotopic (exact) mass is 348 g/mol. The summed E-state index contributed by atoms with van der Waals surface area (Å²) >= 11 is 0. The number of aromatic nitrogens is 1. The average molecular weight is 348 g/mol. The molecule has 2 aromatic carbocycles. The van der Waals surface area contributed by atoms with Crippen LogP contribution in [0.15, 0.2) is 73.1 Å². The number of H-pyrrole nitrogens is 1. The number of hydrogen-bond acceptors (Lipinski definition) is 3. The van der Waals surface area contributed by atoms with Crippen molar-refractivity contribution >= 4 is 11.7 Å². The minimum absolute atomic E-state index is 0.100. The molecule has 0 fully saturated rings. The van der Waals surface area contributed by atoms with Crippen molar-refractivity contribution in [2.24, 2.45) is 0 Å². The first-order valence-corrected chi connectivity index (χ1v) is 8.41. The molecule has 0 saturated carbocycles. The third-order valence-corrected chi connectivity index (χ3v) is 4.08. The third-order valence-electron chi connectivity index (χ3n) is 4.08. The van der Waals surface area contributed by atoms with Crippen LogP contribution in [0.1, 0.15) is 31.8 Å². The summed E-state index contributed by atoms with van der Waals surface area (Å²) < 4.78 is 0. The van der Waals surface area contributed by atoms with Gasteiger partial charge in [0.2, 0.25) is 0 Å². The number of carbonyl (C=O) groups is 2. The Kier molecular flexibility index (Phi) is 5.61. The number of ketones is 1. The lowest BCUT2D eigenvalue weighted by Gasteiger charge is -2.12. The molecule has 5 nitrogen and oxygen atoms in total. The van der Waals surface area contributed by atoms with Gasteiger partial charge in [0.15, 0.2) is 5.78 Å². The van der Waals surface area contributed by atoms with Gasteiger partial charge in [-0.3, -0.25) is 9.59 Å². The second kappa shape index (κ2) is 8.27. The molecule has 1 atom stereocenters. The van der Waals surface area contributed by atoms with Gasteiger partial charge in [-0.15, -0.1) is 0 Å². The second-order valence-electron chi connectivity index (χ2n) is 6.06. The Labute approximate surface area is 151 Å². The molecule has 1 unspecified atom stereocenters. The van der Waals surface area contributed by atoms with E-state index in [9.17, 15) is 14.7 Å². The molecule has 1 amide bonds. The van der Waals surface area contributed by atoms with Crippen LogP contribution in [0.4, 0.5) is 0 Å². The molecule has 1 aromatic heterocycles. The van der Waals surface area contributed by atoms with Crippen molar-refractivity contribution in [3.05, 3.63) is 95.3 Å². The standard InChI is InChI=1S/C21H20N2O3/c24-19(12-15-4-2-1-3-5-15)14-23-21(26)17-8-6-16(7-9-17)20(25)18-10-11-22-13-18/h1-11,13,19,22,24H,12,14H2,(H,23,26). The highest BCUT2D eigenvalue weighted by atomic mass is 16.3. The van der Waals surface area contributed by atoms with Crippen molar-refractivity contribution in [2.45, 2.75) is 12.5 Å². The van der Waals surface area contributed by atoms with E-state index in [4.69, 9.17) is 0 Å². The molecule has 0 aliphatic rings. The van der Waals surface area contributed by atoms with Gasteiger partial charge in [-0.1, -0.05) is 42.5 Å². The normalized spacial score (nSPS) is 11.7. The molecule has 3 aromatic rings. The van der Waals surface area contributed by atoms with Crippen molar-refractivity contribution in [3.8, 4) is 0 Å². The number of nitrogens with one attached hydrogen (secondary N) is 2. The van der Waals surface area contributed by atoms with Gasteiger partial charge in [0.05, 0.1) is 6.10 Å². The van der Waals surface area contributed by atoms with Crippen LogP contribution in [0.2, 0.25) is 0 Å². The Hall–Kier alpha value is -3.18. The highest BCUT2D eigenvalue weighted by Crippen LogP contribution is 2.11. The van der Waals surface area contributed by atoms with Gasteiger partial charge in [-0.05, 0) is 23.8 Å². The van der Waals surface area contributed by atoms with E-state index < -0.39 is 6.10 Å². The van der Waals surface area contributed by atoms with E-state index in [1.165, 1.54) is 0 Å². The van der Waals surface area contributed by atoms with E-state index in [-0.39, 0.29) is 18.2 Å². The number of rotatable bonds is 7. The fourth-order valence-corrected chi connectivity index (χ4v) is 2.68. The number of benzene rings is 2. The SMILES string of the molecule is O=C(NCC(O)Cc1ccccc1)c1ccc(C(=O)c2cc[nH]c2)cc1. The van der Waals surface area contributed by atoms with Crippen LogP contribution in [-0.4, -0.2) is 34.4 Å². The summed E-state index contributed by atoms with van der Waals surface area (Å²) in [5.41, 5.74) is 2.56. The minimum atomic E-state index is -0.657. The highest BCUT2D eigenvalue weighted by Gasteiger charge is 2.12. The van der Waals surface area contributed by atoms with Crippen LogP contribution in [0, 0.1) is 0 Å². The highest BCUT2D eigenvalue weighted by molar-refractivity contribution is 6.09. The van der Waals surface area contributed by atoms with Crippen molar-refractivity contribution in [3.63, 3.8) is 0 Å². The van der Waals surface area contributed by atoms with Crippen LogP contribution >= 0.6 is 0 Å². The molecule has 3 N–H and O–H groups in total. The zero-order valence-corrected chi connectivity index (χ0v) is 14.2. The maximum Gasteiger partial charge on any atom is 0.251 e. The summed E-state index contributed by atoms with van der Waals surface area (Å²) in [6.07, 6.45) is 3.15. The zero-order valence-electron chi connectivity index (χ0n) is 14.2. The minimum Gasteiger partial charge on any atom is -0.391 e. The largest absolute Gasteiger partial charge is 0.391 e. The molecule has 0 saturated heterocycles. The van der Waals surface area contributed by atoms with Gasteiger partial charge in [-0.25, -0.2) is 0 Å². The average Bonchev–Trinajstić information content (AvgIpc) is 3.21. The molecule has 0 radical (unpaired) electrons. The molecule has 0 aliphatic heterocycles. The number of aromatic amines is 1. The molecular weight excluding hydrogens is 328 g/mol. The van der Waals surface area contributed by atoms with E-state index in [2.05, 4.69) is 10.3 Å². The van der Waals surface area contributed by atoms with Gasteiger partial charge in [0.25, 0.3) is 5.91 Å². The fourth-order valence-electron chi connectivity index (χ4n) is 2.68. The lowest BCUT2D eigenvalue weighted by atomic mass is 10.0.